The Labute approximate surface area is 142 Å². The molecule has 0 bridgehead atoms. The van der Waals surface area contributed by atoms with Crippen LogP contribution in [0, 0.1) is 11.7 Å². The quantitative estimate of drug-likeness (QED) is 0.893. The van der Waals surface area contributed by atoms with Gasteiger partial charge < -0.3 is 10.2 Å². The minimum absolute atomic E-state index is 0.0193. The summed E-state index contributed by atoms with van der Waals surface area (Å²) in [5, 5.41) is 3.11. The fraction of sp³-hybridized carbons (Fsp3) is 0.588. The fourth-order valence-electron chi connectivity index (χ4n) is 3.18. The van der Waals surface area contributed by atoms with E-state index in [0.29, 0.717) is 18.5 Å². The molecular weight excluding hydrogens is 317 g/mol. The zero-order valence-electron chi connectivity index (χ0n) is 14.0. The van der Waals surface area contributed by atoms with E-state index in [4.69, 9.17) is 11.6 Å². The number of carbonyl (C=O) groups excluding carboxylic acids is 1. The first-order valence-electron chi connectivity index (χ1n) is 7.94. The Hall–Kier alpha value is -1.17. The van der Waals surface area contributed by atoms with Crippen LogP contribution in [0.15, 0.2) is 18.2 Å². The molecule has 1 heterocycles. The number of benzene rings is 1. The Balaban J connectivity index is 1.98. The molecule has 128 valence electrons. The molecule has 4 nitrogen and oxygen atoms in total. The van der Waals surface area contributed by atoms with Gasteiger partial charge in [-0.25, -0.2) is 4.39 Å². The third-order valence-electron chi connectivity index (χ3n) is 4.47. The molecule has 1 fully saturated rings. The highest BCUT2D eigenvalue weighted by Crippen LogP contribution is 2.23. The normalized spacial score (nSPS) is 22.3. The molecule has 1 aromatic rings. The Morgan fingerprint density at radius 3 is 2.83 bits per heavy atom. The van der Waals surface area contributed by atoms with Gasteiger partial charge in [0.05, 0.1) is 5.02 Å². The number of nitrogens with zero attached hydrogens (tertiary/aromatic N) is 2. The van der Waals surface area contributed by atoms with Gasteiger partial charge in [-0.05, 0) is 50.7 Å². The molecule has 0 unspecified atom stereocenters. The minimum Gasteiger partial charge on any atom is -0.356 e. The van der Waals surface area contributed by atoms with Crippen molar-refractivity contribution in [3.05, 3.63) is 34.6 Å². The third kappa shape index (κ3) is 5.16. The molecular formula is C17H25ClFN3O. The molecule has 1 amide bonds. The molecule has 0 spiro atoms. The van der Waals surface area contributed by atoms with Crippen LogP contribution in [0.4, 0.5) is 4.39 Å². The number of nitrogens with one attached hydrogen (secondary N) is 1. The zero-order valence-corrected chi connectivity index (χ0v) is 14.7. The molecule has 1 aliphatic rings. The molecule has 2 rings (SSSR count). The summed E-state index contributed by atoms with van der Waals surface area (Å²) in [6.45, 7) is 4.92. The Morgan fingerprint density at radius 2 is 2.22 bits per heavy atom. The summed E-state index contributed by atoms with van der Waals surface area (Å²) in [5.41, 5.74) is 1.02. The van der Waals surface area contributed by atoms with E-state index in [2.05, 4.69) is 29.2 Å². The average molecular weight is 342 g/mol. The topological polar surface area (TPSA) is 35.6 Å². The van der Waals surface area contributed by atoms with Crippen molar-refractivity contribution in [2.45, 2.75) is 25.9 Å². The van der Waals surface area contributed by atoms with Crippen molar-refractivity contribution in [3.63, 3.8) is 0 Å². The number of rotatable bonds is 5. The van der Waals surface area contributed by atoms with Crippen molar-refractivity contribution in [2.75, 3.05) is 33.7 Å². The van der Waals surface area contributed by atoms with E-state index in [9.17, 15) is 9.18 Å². The Bertz CT molecular complexity index is 553. The van der Waals surface area contributed by atoms with Gasteiger partial charge in [-0.15, -0.1) is 0 Å². The lowest BCUT2D eigenvalue weighted by Gasteiger charge is -2.42. The maximum absolute atomic E-state index is 13.3. The van der Waals surface area contributed by atoms with E-state index >= 15 is 0 Å². The first-order valence-corrected chi connectivity index (χ1v) is 8.31. The summed E-state index contributed by atoms with van der Waals surface area (Å²) >= 11 is 5.86. The molecule has 6 heteroatoms. The lowest BCUT2D eigenvalue weighted by Crippen LogP contribution is -2.52. The van der Waals surface area contributed by atoms with Crippen LogP contribution in [0.3, 0.4) is 0 Å². The van der Waals surface area contributed by atoms with Crippen molar-refractivity contribution in [1.29, 1.82) is 0 Å². The van der Waals surface area contributed by atoms with E-state index in [1.54, 1.807) is 19.1 Å². The van der Waals surface area contributed by atoms with Gasteiger partial charge in [0, 0.05) is 32.6 Å². The van der Waals surface area contributed by atoms with Crippen LogP contribution in [-0.2, 0) is 11.3 Å². The summed E-state index contributed by atoms with van der Waals surface area (Å²) in [6.07, 6.45) is 1.03. The summed E-state index contributed by atoms with van der Waals surface area (Å²) in [4.78, 5) is 15.7. The van der Waals surface area contributed by atoms with E-state index in [-0.39, 0.29) is 16.7 Å². The predicted octanol–water partition coefficient (Wildman–Crippen LogP) is 2.37. The summed E-state index contributed by atoms with van der Waals surface area (Å²) in [6, 6.07) is 5.29. The molecule has 0 radical (unpaired) electrons. The van der Waals surface area contributed by atoms with Gasteiger partial charge in [0.1, 0.15) is 5.82 Å². The highest BCUT2D eigenvalue weighted by atomic mass is 35.5. The standard InChI is InChI=1S/C17H25ClFN3O/c1-12(23)20-9-14-6-7-22(11-17(14)21(2)3)10-13-4-5-16(19)15(18)8-13/h4-5,8,14,17H,6-7,9-11H2,1-3H3,(H,20,23)/t14-,17-/m1/s1. The summed E-state index contributed by atoms with van der Waals surface area (Å²) in [7, 11) is 4.15. The van der Waals surface area contributed by atoms with Crippen LogP contribution in [0.1, 0.15) is 18.9 Å². The molecule has 0 aliphatic carbocycles. The molecule has 1 saturated heterocycles. The van der Waals surface area contributed by atoms with Crippen molar-refractivity contribution in [1.82, 2.24) is 15.1 Å². The molecule has 23 heavy (non-hydrogen) atoms. The maximum Gasteiger partial charge on any atom is 0.216 e. The molecule has 1 N–H and O–H groups in total. The first kappa shape index (κ1) is 18.2. The van der Waals surface area contributed by atoms with Gasteiger partial charge in [0.15, 0.2) is 0 Å². The second kappa shape index (κ2) is 8.08. The van der Waals surface area contributed by atoms with Crippen LogP contribution in [0.25, 0.3) is 0 Å². The van der Waals surface area contributed by atoms with Crippen LogP contribution in [-0.4, -0.2) is 55.5 Å². The number of halogens is 2. The molecule has 0 saturated carbocycles. The van der Waals surface area contributed by atoms with Gasteiger partial charge in [0.25, 0.3) is 0 Å². The molecule has 2 atom stereocenters. The van der Waals surface area contributed by atoms with Crippen molar-refractivity contribution in [2.24, 2.45) is 5.92 Å². The van der Waals surface area contributed by atoms with Gasteiger partial charge >= 0.3 is 0 Å². The number of carbonyl (C=O) groups is 1. The maximum atomic E-state index is 13.3. The lowest BCUT2D eigenvalue weighted by atomic mass is 9.90. The Morgan fingerprint density at radius 1 is 1.48 bits per heavy atom. The molecule has 1 aromatic carbocycles. The second-order valence-corrected chi connectivity index (χ2v) is 6.91. The SMILES string of the molecule is CC(=O)NC[C@H]1CCN(Cc2ccc(F)c(Cl)c2)C[C@H]1N(C)C. The number of likely N-dealkylation sites (tertiary alicyclic amines) is 1. The predicted molar refractivity (Wildman–Crippen MR) is 91.0 cm³/mol. The van der Waals surface area contributed by atoms with Crippen molar-refractivity contribution in [3.8, 4) is 0 Å². The van der Waals surface area contributed by atoms with Crippen LogP contribution in [0.5, 0.6) is 0 Å². The largest absolute Gasteiger partial charge is 0.356 e. The van der Waals surface area contributed by atoms with Gasteiger partial charge in [-0.1, -0.05) is 17.7 Å². The summed E-state index contributed by atoms with van der Waals surface area (Å²) < 4.78 is 13.3. The van der Waals surface area contributed by atoms with E-state index in [1.807, 2.05) is 0 Å². The van der Waals surface area contributed by atoms with Gasteiger partial charge in [-0.2, -0.15) is 0 Å². The lowest BCUT2D eigenvalue weighted by molar-refractivity contribution is -0.119. The zero-order chi connectivity index (χ0) is 17.0. The fourth-order valence-corrected chi connectivity index (χ4v) is 3.39. The highest BCUT2D eigenvalue weighted by Gasteiger charge is 2.30. The number of hydrogen-bond acceptors (Lipinski definition) is 3. The van der Waals surface area contributed by atoms with Gasteiger partial charge in [0.2, 0.25) is 5.91 Å². The Kier molecular flexibility index (Phi) is 6.39. The van der Waals surface area contributed by atoms with E-state index in [0.717, 1.165) is 31.6 Å². The van der Waals surface area contributed by atoms with Crippen LogP contribution in [0.2, 0.25) is 5.02 Å². The van der Waals surface area contributed by atoms with E-state index < -0.39 is 0 Å². The summed E-state index contributed by atoms with van der Waals surface area (Å²) in [5.74, 6) is 0.0865. The monoisotopic (exact) mass is 341 g/mol. The van der Waals surface area contributed by atoms with Crippen molar-refractivity contribution < 1.29 is 9.18 Å². The van der Waals surface area contributed by atoms with Gasteiger partial charge in [-0.3, -0.25) is 9.69 Å². The number of amides is 1. The minimum atomic E-state index is -0.379. The number of hydrogen-bond donors (Lipinski definition) is 1. The third-order valence-corrected chi connectivity index (χ3v) is 4.76. The van der Waals surface area contributed by atoms with Crippen LogP contribution < -0.4 is 5.32 Å². The average Bonchev–Trinajstić information content (AvgIpc) is 2.49. The number of likely N-dealkylation sites (N-methyl/N-ethyl adjacent to an activating group) is 1. The molecule has 0 aromatic heterocycles. The van der Waals surface area contributed by atoms with E-state index in [1.165, 1.54) is 6.07 Å². The first-order chi connectivity index (χ1) is 10.9. The number of piperidine rings is 1. The second-order valence-electron chi connectivity index (χ2n) is 6.50. The van der Waals surface area contributed by atoms with Crippen molar-refractivity contribution >= 4 is 17.5 Å². The molecule has 1 aliphatic heterocycles. The smallest absolute Gasteiger partial charge is 0.216 e. The van der Waals surface area contributed by atoms with Crippen LogP contribution >= 0.6 is 11.6 Å². The highest BCUT2D eigenvalue weighted by molar-refractivity contribution is 6.30.